The van der Waals surface area contributed by atoms with Crippen LogP contribution in [0.3, 0.4) is 0 Å². The smallest absolute Gasteiger partial charge is 0.167 e. The summed E-state index contributed by atoms with van der Waals surface area (Å²) in [7, 11) is 0. The highest BCUT2D eigenvalue weighted by atomic mass is 16.5. The minimum absolute atomic E-state index is 0.173. The molecule has 1 aromatic rings. The molecule has 0 saturated carbocycles. The highest BCUT2D eigenvalue weighted by Gasteiger charge is 2.24. The van der Waals surface area contributed by atoms with Gasteiger partial charge in [-0.15, -0.1) is 5.10 Å². The third-order valence-corrected chi connectivity index (χ3v) is 4.67. The Morgan fingerprint density at radius 1 is 1.22 bits per heavy atom. The van der Waals surface area contributed by atoms with Crippen LogP contribution in [0, 0.1) is 11.3 Å². The molecular formula is C17H27N5O. The van der Waals surface area contributed by atoms with Gasteiger partial charge in [-0.05, 0) is 32.3 Å². The first-order valence-corrected chi connectivity index (χ1v) is 8.49. The number of hydrogen-bond donors (Lipinski definition) is 1. The van der Waals surface area contributed by atoms with E-state index in [-0.39, 0.29) is 6.04 Å². The van der Waals surface area contributed by atoms with Crippen molar-refractivity contribution in [3.8, 4) is 6.07 Å². The lowest BCUT2D eigenvalue weighted by molar-refractivity contribution is 0.0175. The highest BCUT2D eigenvalue weighted by molar-refractivity contribution is 5.57. The Labute approximate surface area is 138 Å². The van der Waals surface area contributed by atoms with Gasteiger partial charge in [0.15, 0.2) is 5.82 Å². The fourth-order valence-electron chi connectivity index (χ4n) is 3.03. The van der Waals surface area contributed by atoms with Crippen LogP contribution in [0.15, 0.2) is 0 Å². The normalized spacial score (nSPS) is 18.2. The van der Waals surface area contributed by atoms with E-state index in [4.69, 9.17) is 4.74 Å². The van der Waals surface area contributed by atoms with Crippen molar-refractivity contribution in [1.82, 2.24) is 15.1 Å². The van der Waals surface area contributed by atoms with Gasteiger partial charge in [0.05, 0.1) is 18.9 Å². The Balaban J connectivity index is 2.17. The fourth-order valence-corrected chi connectivity index (χ4v) is 3.03. The molecule has 1 N–H and O–H groups in total. The van der Waals surface area contributed by atoms with Gasteiger partial charge in [-0.1, -0.05) is 13.8 Å². The van der Waals surface area contributed by atoms with Crippen molar-refractivity contribution in [3.05, 3.63) is 16.8 Å². The van der Waals surface area contributed by atoms with Gasteiger partial charge >= 0.3 is 0 Å². The molecule has 0 aromatic carbocycles. The summed E-state index contributed by atoms with van der Waals surface area (Å²) >= 11 is 0. The topological polar surface area (TPSA) is 74.1 Å². The maximum atomic E-state index is 9.57. The predicted octanol–water partition coefficient (Wildman–Crippen LogP) is 1.99. The molecule has 1 fully saturated rings. The van der Waals surface area contributed by atoms with Gasteiger partial charge in [0.2, 0.25) is 0 Å². The molecule has 0 spiro atoms. The molecule has 6 nitrogen and oxygen atoms in total. The van der Waals surface area contributed by atoms with Crippen molar-refractivity contribution in [2.75, 3.05) is 31.6 Å². The summed E-state index contributed by atoms with van der Waals surface area (Å²) in [6.07, 6.45) is 1.59. The average molecular weight is 317 g/mol. The van der Waals surface area contributed by atoms with Crippen LogP contribution in [0.2, 0.25) is 0 Å². The molecule has 1 aliphatic rings. The molecule has 1 aromatic heterocycles. The number of nitriles is 1. The number of nitrogens with zero attached hydrogens (tertiary/aromatic N) is 4. The molecule has 2 atom stereocenters. The van der Waals surface area contributed by atoms with E-state index in [2.05, 4.69) is 47.3 Å². The van der Waals surface area contributed by atoms with Gasteiger partial charge in [-0.2, -0.15) is 10.4 Å². The lowest BCUT2D eigenvalue weighted by Crippen LogP contribution is -2.49. The first-order chi connectivity index (χ1) is 11.1. The number of rotatable bonds is 6. The van der Waals surface area contributed by atoms with Gasteiger partial charge in [-0.25, -0.2) is 0 Å². The lowest BCUT2D eigenvalue weighted by Gasteiger charge is -2.36. The molecule has 2 heterocycles. The summed E-state index contributed by atoms with van der Waals surface area (Å²) in [5.41, 5.74) is 2.57. The molecule has 2 unspecified atom stereocenters. The monoisotopic (exact) mass is 317 g/mol. The van der Waals surface area contributed by atoms with E-state index >= 15 is 0 Å². The van der Waals surface area contributed by atoms with Crippen LogP contribution in [0.25, 0.3) is 0 Å². The Kier molecular flexibility index (Phi) is 6.31. The number of anilines is 1. The van der Waals surface area contributed by atoms with Crippen LogP contribution in [0.5, 0.6) is 0 Å². The molecular weight excluding hydrogens is 290 g/mol. The molecule has 0 amide bonds. The first kappa shape index (κ1) is 17.6. The van der Waals surface area contributed by atoms with E-state index in [1.54, 1.807) is 0 Å². The molecule has 1 saturated heterocycles. The minimum atomic E-state index is 0.173. The largest absolute Gasteiger partial charge is 0.379 e. The second-order valence-electron chi connectivity index (χ2n) is 5.99. The number of aromatic nitrogens is 2. The third-order valence-electron chi connectivity index (χ3n) is 4.67. The molecule has 0 radical (unpaired) electrons. The zero-order valence-electron chi connectivity index (χ0n) is 14.6. The highest BCUT2D eigenvalue weighted by Crippen LogP contribution is 2.21. The van der Waals surface area contributed by atoms with Crippen LogP contribution < -0.4 is 5.32 Å². The molecule has 23 heavy (non-hydrogen) atoms. The maximum absolute atomic E-state index is 9.57. The molecule has 6 heteroatoms. The summed E-state index contributed by atoms with van der Waals surface area (Å²) in [6, 6.07) is 2.82. The summed E-state index contributed by atoms with van der Waals surface area (Å²) in [6.45, 7) is 11.9. The standard InChI is InChI=1S/C17H27N5O/c1-5-14-15(11-18)17(21-20-16(14)6-2)19-12(3)13(4)22-7-9-23-10-8-22/h12-13H,5-10H2,1-4H3,(H,19,21). The fraction of sp³-hybridized carbons (Fsp3) is 0.706. The average Bonchev–Trinajstić information content (AvgIpc) is 2.61. The van der Waals surface area contributed by atoms with Crippen molar-refractivity contribution >= 4 is 5.82 Å². The van der Waals surface area contributed by atoms with Gasteiger partial charge in [0.1, 0.15) is 11.6 Å². The third kappa shape index (κ3) is 3.98. The second kappa shape index (κ2) is 8.23. The van der Waals surface area contributed by atoms with Crippen LogP contribution in [-0.2, 0) is 17.6 Å². The Bertz CT molecular complexity index is 563. The summed E-state index contributed by atoms with van der Waals surface area (Å²) in [5.74, 6) is 0.606. The SMILES string of the molecule is CCc1nnc(NC(C)C(C)N2CCOCC2)c(C#N)c1CC. The van der Waals surface area contributed by atoms with E-state index in [1.165, 1.54) is 0 Å². The quantitative estimate of drug-likeness (QED) is 0.865. The predicted molar refractivity (Wildman–Crippen MR) is 90.4 cm³/mol. The second-order valence-corrected chi connectivity index (χ2v) is 5.99. The molecule has 1 aliphatic heterocycles. The molecule has 2 rings (SSSR count). The number of morpholine rings is 1. The lowest BCUT2D eigenvalue weighted by atomic mass is 10.0. The Morgan fingerprint density at radius 3 is 2.48 bits per heavy atom. The summed E-state index contributed by atoms with van der Waals surface area (Å²) in [4.78, 5) is 2.40. The van der Waals surface area contributed by atoms with Crippen molar-refractivity contribution < 1.29 is 4.74 Å². The van der Waals surface area contributed by atoms with E-state index in [0.29, 0.717) is 17.4 Å². The number of aryl methyl sites for hydroxylation is 1. The van der Waals surface area contributed by atoms with E-state index in [0.717, 1.165) is 50.4 Å². The van der Waals surface area contributed by atoms with Gasteiger partial charge < -0.3 is 10.1 Å². The number of hydrogen-bond acceptors (Lipinski definition) is 6. The maximum Gasteiger partial charge on any atom is 0.167 e. The number of nitrogens with one attached hydrogen (secondary N) is 1. The Hall–Kier alpha value is -1.71. The van der Waals surface area contributed by atoms with Crippen molar-refractivity contribution in [2.24, 2.45) is 0 Å². The van der Waals surface area contributed by atoms with Crippen molar-refractivity contribution in [3.63, 3.8) is 0 Å². The van der Waals surface area contributed by atoms with Gasteiger partial charge in [0.25, 0.3) is 0 Å². The Morgan fingerprint density at radius 2 is 1.91 bits per heavy atom. The van der Waals surface area contributed by atoms with Crippen LogP contribution in [-0.4, -0.2) is 53.5 Å². The van der Waals surface area contributed by atoms with Crippen LogP contribution >= 0.6 is 0 Å². The zero-order valence-corrected chi connectivity index (χ0v) is 14.6. The van der Waals surface area contributed by atoms with Crippen molar-refractivity contribution in [2.45, 2.75) is 52.6 Å². The van der Waals surface area contributed by atoms with E-state index in [1.807, 2.05) is 6.92 Å². The summed E-state index contributed by atoms with van der Waals surface area (Å²) < 4.78 is 5.41. The molecule has 0 aliphatic carbocycles. The minimum Gasteiger partial charge on any atom is -0.379 e. The first-order valence-electron chi connectivity index (χ1n) is 8.49. The zero-order chi connectivity index (χ0) is 16.8. The van der Waals surface area contributed by atoms with Crippen molar-refractivity contribution in [1.29, 1.82) is 5.26 Å². The van der Waals surface area contributed by atoms with Crippen LogP contribution in [0.4, 0.5) is 5.82 Å². The van der Waals surface area contributed by atoms with E-state index in [9.17, 15) is 5.26 Å². The van der Waals surface area contributed by atoms with Crippen LogP contribution in [0.1, 0.15) is 44.5 Å². The molecule has 0 bridgehead atoms. The van der Waals surface area contributed by atoms with E-state index < -0.39 is 0 Å². The number of ether oxygens (including phenoxy) is 1. The van der Waals surface area contributed by atoms with Gasteiger partial charge in [-0.3, -0.25) is 4.90 Å². The molecule has 126 valence electrons. The van der Waals surface area contributed by atoms with Gasteiger partial charge in [0, 0.05) is 25.2 Å². The summed E-state index contributed by atoms with van der Waals surface area (Å²) in [5, 5.41) is 21.5.